The van der Waals surface area contributed by atoms with Gasteiger partial charge in [-0.3, -0.25) is 9.59 Å². The molecule has 2 heterocycles. The lowest BCUT2D eigenvalue weighted by molar-refractivity contribution is -0.148. The smallest absolute Gasteiger partial charge is 0.417 e. The number of ketones is 1. The van der Waals surface area contributed by atoms with Crippen LogP contribution in [0.3, 0.4) is 0 Å². The highest BCUT2D eigenvalue weighted by molar-refractivity contribution is 7.89. The fourth-order valence-electron chi connectivity index (χ4n) is 3.20. The third kappa shape index (κ3) is 5.28. The second-order valence-corrected chi connectivity index (χ2v) is 9.28. The number of piperidine rings is 1. The molecular weight excluding hydrogens is 461 g/mol. The Morgan fingerprint density at radius 3 is 2.45 bits per heavy atom. The van der Waals surface area contributed by atoms with Crippen LogP contribution in [0.5, 0.6) is 0 Å². The quantitative estimate of drug-likeness (QED) is 0.506. The average Bonchev–Trinajstić information content (AvgIpc) is 3.26. The van der Waals surface area contributed by atoms with Gasteiger partial charge in [-0.2, -0.15) is 17.5 Å². The first-order valence-electron chi connectivity index (χ1n) is 9.20. The molecule has 0 radical (unpaired) electrons. The number of carbonyl (C=O) groups is 2. The summed E-state index contributed by atoms with van der Waals surface area (Å²) in [4.78, 5) is 26.2. The van der Waals surface area contributed by atoms with Gasteiger partial charge in [0, 0.05) is 19.3 Å². The number of halogens is 4. The first-order chi connectivity index (χ1) is 14.5. The van der Waals surface area contributed by atoms with Crippen LogP contribution in [0, 0.1) is 5.92 Å². The number of nitrogens with zero attached hydrogens (tertiary/aromatic N) is 1. The second-order valence-electron chi connectivity index (χ2n) is 6.93. The maximum absolute atomic E-state index is 13.0. The molecule has 0 saturated carbocycles. The van der Waals surface area contributed by atoms with E-state index in [2.05, 4.69) is 4.98 Å². The van der Waals surface area contributed by atoms with Crippen LogP contribution in [0.15, 0.2) is 41.4 Å². The van der Waals surface area contributed by atoms with Gasteiger partial charge in [-0.05, 0) is 43.2 Å². The third-order valence-corrected chi connectivity index (χ3v) is 7.14. The Balaban J connectivity index is 1.61. The van der Waals surface area contributed by atoms with Crippen LogP contribution < -0.4 is 0 Å². The van der Waals surface area contributed by atoms with Crippen molar-refractivity contribution in [3.63, 3.8) is 0 Å². The Morgan fingerprint density at radius 2 is 1.87 bits per heavy atom. The van der Waals surface area contributed by atoms with Crippen LogP contribution in [0.2, 0.25) is 5.02 Å². The molecule has 1 aromatic heterocycles. The van der Waals surface area contributed by atoms with Crippen LogP contribution in [0.25, 0.3) is 0 Å². The highest BCUT2D eigenvalue weighted by atomic mass is 35.5. The van der Waals surface area contributed by atoms with Gasteiger partial charge in [0.15, 0.2) is 6.61 Å². The SMILES string of the molecule is O=C(COC(=O)C1CCN(S(=O)(=O)c2ccc(Cl)c(C(F)(F)F)c2)CC1)c1ccc[nH]1. The number of aromatic nitrogens is 1. The van der Waals surface area contributed by atoms with Gasteiger partial charge in [0.1, 0.15) is 0 Å². The van der Waals surface area contributed by atoms with Gasteiger partial charge in [0.2, 0.25) is 15.8 Å². The zero-order chi connectivity index (χ0) is 22.8. The minimum Gasteiger partial charge on any atom is -0.457 e. The van der Waals surface area contributed by atoms with Crippen molar-refractivity contribution in [3.8, 4) is 0 Å². The first-order valence-corrected chi connectivity index (χ1v) is 11.0. The van der Waals surface area contributed by atoms with E-state index in [1.807, 2.05) is 0 Å². The minimum atomic E-state index is -4.79. The van der Waals surface area contributed by atoms with Crippen molar-refractivity contribution < 1.29 is 35.9 Å². The zero-order valence-corrected chi connectivity index (χ0v) is 17.6. The normalized spacial score (nSPS) is 16.3. The summed E-state index contributed by atoms with van der Waals surface area (Å²) in [5.74, 6) is -1.64. The van der Waals surface area contributed by atoms with Gasteiger partial charge in [0.05, 0.1) is 27.1 Å². The monoisotopic (exact) mass is 478 g/mol. The Bertz CT molecular complexity index is 1060. The average molecular weight is 479 g/mol. The number of H-pyrrole nitrogens is 1. The number of esters is 1. The molecular formula is C19H18ClF3N2O5S. The number of rotatable bonds is 6. The molecule has 0 atom stereocenters. The molecule has 3 rings (SSSR count). The topological polar surface area (TPSA) is 96.5 Å². The van der Waals surface area contributed by atoms with Gasteiger partial charge >= 0.3 is 12.1 Å². The Hall–Kier alpha value is -2.37. The number of sulfonamides is 1. The Kier molecular flexibility index (Phi) is 6.77. The van der Waals surface area contributed by atoms with Crippen LogP contribution in [0.1, 0.15) is 28.9 Å². The molecule has 1 aliphatic heterocycles. The molecule has 0 amide bonds. The highest BCUT2D eigenvalue weighted by Gasteiger charge is 2.37. The van der Waals surface area contributed by atoms with Crippen molar-refractivity contribution >= 4 is 33.4 Å². The number of carbonyl (C=O) groups excluding carboxylic acids is 2. The summed E-state index contributed by atoms with van der Waals surface area (Å²) in [6.07, 6.45) is -3.00. The van der Waals surface area contributed by atoms with Gasteiger partial charge in [-0.25, -0.2) is 8.42 Å². The largest absolute Gasteiger partial charge is 0.457 e. The molecule has 0 aliphatic carbocycles. The summed E-state index contributed by atoms with van der Waals surface area (Å²) < 4.78 is 70.7. The number of alkyl halides is 3. The van der Waals surface area contributed by atoms with E-state index in [0.717, 1.165) is 16.4 Å². The van der Waals surface area contributed by atoms with Crippen molar-refractivity contribution in [2.75, 3.05) is 19.7 Å². The lowest BCUT2D eigenvalue weighted by Crippen LogP contribution is -2.40. The number of hydrogen-bond acceptors (Lipinski definition) is 5. The molecule has 1 fully saturated rings. The molecule has 1 aromatic carbocycles. The summed E-state index contributed by atoms with van der Waals surface area (Å²) >= 11 is 5.55. The fourth-order valence-corrected chi connectivity index (χ4v) is 4.92. The van der Waals surface area contributed by atoms with Crippen LogP contribution >= 0.6 is 11.6 Å². The van der Waals surface area contributed by atoms with Crippen LogP contribution in [-0.2, 0) is 25.7 Å². The maximum Gasteiger partial charge on any atom is 0.417 e. The second kappa shape index (κ2) is 9.01. The van der Waals surface area contributed by atoms with Crippen molar-refractivity contribution in [1.82, 2.24) is 9.29 Å². The molecule has 0 spiro atoms. The Morgan fingerprint density at radius 1 is 1.19 bits per heavy atom. The molecule has 0 unspecified atom stereocenters. The number of benzene rings is 1. The van der Waals surface area contributed by atoms with Crippen molar-refractivity contribution in [3.05, 3.63) is 52.8 Å². The van der Waals surface area contributed by atoms with Crippen LogP contribution in [-0.4, -0.2) is 49.2 Å². The predicted molar refractivity (Wildman–Crippen MR) is 104 cm³/mol. The predicted octanol–water partition coefficient (Wildman–Crippen LogP) is 3.51. The first kappa shape index (κ1) is 23.3. The van der Waals surface area contributed by atoms with Crippen molar-refractivity contribution in [2.45, 2.75) is 23.9 Å². The van der Waals surface area contributed by atoms with Gasteiger partial charge in [0.25, 0.3) is 0 Å². The van der Waals surface area contributed by atoms with Crippen molar-refractivity contribution in [1.29, 1.82) is 0 Å². The molecule has 31 heavy (non-hydrogen) atoms. The highest BCUT2D eigenvalue weighted by Crippen LogP contribution is 2.36. The molecule has 12 heteroatoms. The maximum atomic E-state index is 13.0. The van der Waals surface area contributed by atoms with E-state index >= 15 is 0 Å². The number of Topliss-reactive ketones (excluding diaryl/α,β-unsaturated/α-hetero) is 1. The van der Waals surface area contributed by atoms with E-state index in [0.29, 0.717) is 11.8 Å². The molecule has 1 N–H and O–H groups in total. The van der Waals surface area contributed by atoms with E-state index < -0.39 is 56.0 Å². The molecule has 2 aromatic rings. The lowest BCUT2D eigenvalue weighted by Gasteiger charge is -2.30. The molecule has 168 valence electrons. The number of nitrogens with one attached hydrogen (secondary N) is 1. The molecule has 0 bridgehead atoms. The van der Waals surface area contributed by atoms with E-state index in [9.17, 15) is 31.2 Å². The summed E-state index contributed by atoms with van der Waals surface area (Å²) in [5.41, 5.74) is -0.935. The van der Waals surface area contributed by atoms with E-state index in [4.69, 9.17) is 16.3 Å². The summed E-state index contributed by atoms with van der Waals surface area (Å²) in [7, 11) is -4.20. The van der Waals surface area contributed by atoms with Crippen molar-refractivity contribution in [2.24, 2.45) is 5.92 Å². The zero-order valence-electron chi connectivity index (χ0n) is 16.0. The van der Waals surface area contributed by atoms with Gasteiger partial charge in [-0.15, -0.1) is 0 Å². The van der Waals surface area contributed by atoms with E-state index in [-0.39, 0.29) is 25.9 Å². The van der Waals surface area contributed by atoms with Gasteiger partial charge < -0.3 is 9.72 Å². The summed E-state index contributed by atoms with van der Waals surface area (Å²) in [5, 5.41) is -0.596. The fraction of sp³-hybridized carbons (Fsp3) is 0.368. The molecule has 1 saturated heterocycles. The molecule has 1 aliphatic rings. The molecule has 7 nitrogen and oxygen atoms in total. The Labute approximate surface area is 181 Å². The van der Waals surface area contributed by atoms with E-state index in [1.165, 1.54) is 0 Å². The number of ether oxygens (including phenoxy) is 1. The third-order valence-electron chi connectivity index (χ3n) is 4.91. The standard InChI is InChI=1S/C19H18ClF3N2O5S/c20-15-4-3-13(10-14(15)19(21,22)23)31(28,29)25-8-5-12(6-9-25)18(27)30-11-17(26)16-2-1-7-24-16/h1-4,7,10,12,24H,5-6,8-9,11H2. The lowest BCUT2D eigenvalue weighted by atomic mass is 9.98. The minimum absolute atomic E-state index is 0.0728. The van der Waals surface area contributed by atoms with E-state index in [1.54, 1.807) is 18.3 Å². The summed E-state index contributed by atoms with van der Waals surface area (Å²) in [6, 6.07) is 5.58. The summed E-state index contributed by atoms with van der Waals surface area (Å²) in [6.45, 7) is -0.587. The number of aromatic amines is 1. The number of hydrogen-bond donors (Lipinski definition) is 1. The van der Waals surface area contributed by atoms with Gasteiger partial charge in [-0.1, -0.05) is 11.6 Å². The van der Waals surface area contributed by atoms with Crippen LogP contribution in [0.4, 0.5) is 13.2 Å².